The molecule has 1 saturated carbocycles. The van der Waals surface area contributed by atoms with Crippen LogP contribution < -0.4 is 16.1 Å². The van der Waals surface area contributed by atoms with Crippen LogP contribution in [0, 0.1) is 5.92 Å². The van der Waals surface area contributed by atoms with Gasteiger partial charge in [0.2, 0.25) is 0 Å². The molecule has 2 aliphatic rings. The van der Waals surface area contributed by atoms with Crippen molar-refractivity contribution in [1.29, 1.82) is 0 Å². The number of rotatable bonds is 4. The van der Waals surface area contributed by atoms with Gasteiger partial charge in [0.25, 0.3) is 5.91 Å². The SMILES string of the molecule is C[C@H]1CCCC[C@H]1NC(=S)NN1C(=O)NC(c2ccccc2)(c2ccccc2)C1=O. The molecule has 3 N–H and O–H groups in total. The second-order valence-corrected chi connectivity index (χ2v) is 8.41. The third-order valence-electron chi connectivity index (χ3n) is 6.08. The van der Waals surface area contributed by atoms with Gasteiger partial charge in [-0.3, -0.25) is 10.2 Å². The van der Waals surface area contributed by atoms with E-state index in [0.29, 0.717) is 17.0 Å². The molecular formula is C23H26N4O2S. The Morgan fingerprint density at radius 2 is 1.57 bits per heavy atom. The summed E-state index contributed by atoms with van der Waals surface area (Å²) in [5, 5.41) is 7.47. The number of amides is 3. The summed E-state index contributed by atoms with van der Waals surface area (Å²) >= 11 is 5.44. The van der Waals surface area contributed by atoms with Gasteiger partial charge in [-0.25, -0.2) is 4.79 Å². The van der Waals surface area contributed by atoms with Crippen LogP contribution in [-0.2, 0) is 10.3 Å². The summed E-state index contributed by atoms with van der Waals surface area (Å²) in [6, 6.07) is 18.2. The average molecular weight is 423 g/mol. The normalized spacial score (nSPS) is 23.0. The number of imide groups is 1. The molecule has 0 radical (unpaired) electrons. The lowest BCUT2D eigenvalue weighted by atomic mass is 9.83. The molecule has 2 aromatic carbocycles. The van der Waals surface area contributed by atoms with E-state index in [1.54, 1.807) is 0 Å². The van der Waals surface area contributed by atoms with Gasteiger partial charge in [0.1, 0.15) is 0 Å². The minimum absolute atomic E-state index is 0.243. The van der Waals surface area contributed by atoms with Crippen LogP contribution in [0.2, 0.25) is 0 Å². The summed E-state index contributed by atoms with van der Waals surface area (Å²) in [7, 11) is 0. The van der Waals surface area contributed by atoms with E-state index in [1.807, 2.05) is 60.7 Å². The number of hydrazine groups is 1. The van der Waals surface area contributed by atoms with Gasteiger partial charge in [-0.15, -0.1) is 0 Å². The Morgan fingerprint density at radius 3 is 2.13 bits per heavy atom. The van der Waals surface area contributed by atoms with E-state index in [-0.39, 0.29) is 11.2 Å². The first-order valence-electron chi connectivity index (χ1n) is 10.4. The molecule has 0 unspecified atom stereocenters. The maximum Gasteiger partial charge on any atom is 0.344 e. The van der Waals surface area contributed by atoms with Crippen LogP contribution in [0.15, 0.2) is 60.7 Å². The molecule has 0 spiro atoms. The van der Waals surface area contributed by atoms with E-state index >= 15 is 0 Å². The van der Waals surface area contributed by atoms with Crippen molar-refractivity contribution in [2.24, 2.45) is 5.92 Å². The van der Waals surface area contributed by atoms with Gasteiger partial charge in [0, 0.05) is 6.04 Å². The van der Waals surface area contributed by atoms with Crippen LogP contribution in [0.5, 0.6) is 0 Å². The zero-order chi connectivity index (χ0) is 21.1. The summed E-state index contributed by atoms with van der Waals surface area (Å²) in [6.07, 6.45) is 4.55. The van der Waals surface area contributed by atoms with Crippen LogP contribution >= 0.6 is 12.2 Å². The van der Waals surface area contributed by atoms with Crippen LogP contribution in [0.3, 0.4) is 0 Å². The van der Waals surface area contributed by atoms with Crippen LogP contribution in [-0.4, -0.2) is 28.1 Å². The maximum absolute atomic E-state index is 13.6. The Morgan fingerprint density at radius 1 is 1.00 bits per heavy atom. The maximum atomic E-state index is 13.6. The molecule has 0 aromatic heterocycles. The second-order valence-electron chi connectivity index (χ2n) is 8.01. The van der Waals surface area contributed by atoms with E-state index in [9.17, 15) is 9.59 Å². The van der Waals surface area contributed by atoms with Gasteiger partial charge in [0.05, 0.1) is 0 Å². The average Bonchev–Trinajstić information content (AvgIpc) is 3.02. The Labute approximate surface area is 182 Å². The largest absolute Gasteiger partial charge is 0.358 e. The van der Waals surface area contributed by atoms with E-state index in [0.717, 1.165) is 24.3 Å². The Hall–Kier alpha value is -2.93. The van der Waals surface area contributed by atoms with Crippen molar-refractivity contribution in [2.45, 2.75) is 44.2 Å². The number of carbonyl (C=O) groups is 2. The Balaban J connectivity index is 1.60. The summed E-state index contributed by atoms with van der Waals surface area (Å²) in [5.74, 6) is 0.0834. The summed E-state index contributed by atoms with van der Waals surface area (Å²) in [6.45, 7) is 2.20. The third-order valence-corrected chi connectivity index (χ3v) is 6.29. The van der Waals surface area contributed by atoms with E-state index in [2.05, 4.69) is 23.0 Å². The molecule has 1 aliphatic carbocycles. The number of nitrogens with zero attached hydrogens (tertiary/aromatic N) is 1. The molecule has 1 saturated heterocycles. The number of hydrogen-bond donors (Lipinski definition) is 3. The first-order chi connectivity index (χ1) is 14.5. The van der Waals surface area contributed by atoms with Gasteiger partial charge in [0.15, 0.2) is 10.7 Å². The first-order valence-corrected chi connectivity index (χ1v) is 10.8. The number of nitrogens with one attached hydrogen (secondary N) is 3. The number of thiocarbonyl (C=S) groups is 1. The molecule has 6 nitrogen and oxygen atoms in total. The van der Waals surface area contributed by atoms with Crippen LogP contribution in [0.4, 0.5) is 4.79 Å². The Bertz CT molecular complexity index is 895. The third kappa shape index (κ3) is 3.65. The molecule has 3 amide bonds. The quantitative estimate of drug-likeness (QED) is 0.520. The number of benzene rings is 2. The molecule has 1 heterocycles. The molecule has 0 bridgehead atoms. The van der Waals surface area contributed by atoms with Gasteiger partial charge < -0.3 is 10.6 Å². The standard InChI is InChI=1S/C23H26N4O2S/c1-16-10-8-9-15-19(16)24-21(30)26-27-20(28)23(25-22(27)29,17-11-4-2-5-12-17)18-13-6-3-7-14-18/h2-7,11-14,16,19H,8-10,15H2,1H3,(H,25,29)(H2,24,26,30)/t16-,19+/m0/s1. The fraction of sp³-hybridized carbons (Fsp3) is 0.348. The second kappa shape index (κ2) is 8.44. The van der Waals surface area contributed by atoms with Crippen molar-refractivity contribution in [3.63, 3.8) is 0 Å². The predicted octanol–water partition coefficient (Wildman–Crippen LogP) is 3.44. The summed E-state index contributed by atoms with van der Waals surface area (Å²) < 4.78 is 0. The number of carbonyl (C=O) groups excluding carboxylic acids is 2. The molecule has 2 aromatic rings. The highest BCUT2D eigenvalue weighted by Gasteiger charge is 2.54. The molecule has 4 rings (SSSR count). The van der Waals surface area contributed by atoms with E-state index < -0.39 is 17.5 Å². The van der Waals surface area contributed by atoms with Crippen molar-refractivity contribution in [1.82, 2.24) is 21.1 Å². The smallest absolute Gasteiger partial charge is 0.344 e. The zero-order valence-electron chi connectivity index (χ0n) is 16.9. The molecular weight excluding hydrogens is 396 g/mol. The van der Waals surface area contributed by atoms with Crippen molar-refractivity contribution < 1.29 is 9.59 Å². The summed E-state index contributed by atoms with van der Waals surface area (Å²) in [5.41, 5.74) is 2.91. The highest BCUT2D eigenvalue weighted by molar-refractivity contribution is 7.80. The minimum atomic E-state index is -1.31. The van der Waals surface area contributed by atoms with Crippen LogP contribution in [0.1, 0.15) is 43.7 Å². The molecule has 2 atom stereocenters. The lowest BCUT2D eigenvalue weighted by Gasteiger charge is -2.31. The monoisotopic (exact) mass is 422 g/mol. The highest BCUT2D eigenvalue weighted by Crippen LogP contribution is 2.35. The topological polar surface area (TPSA) is 73.5 Å². The minimum Gasteiger partial charge on any atom is -0.358 e. The van der Waals surface area contributed by atoms with Crippen molar-refractivity contribution >= 4 is 29.3 Å². The lowest BCUT2D eigenvalue weighted by Crippen LogP contribution is -2.54. The fourth-order valence-corrected chi connectivity index (χ4v) is 4.64. The summed E-state index contributed by atoms with van der Waals surface area (Å²) in [4.78, 5) is 26.5. The fourth-order valence-electron chi connectivity index (χ4n) is 4.40. The number of urea groups is 1. The van der Waals surface area contributed by atoms with Gasteiger partial charge >= 0.3 is 6.03 Å². The Kier molecular flexibility index (Phi) is 5.72. The molecule has 156 valence electrons. The van der Waals surface area contributed by atoms with Gasteiger partial charge in [-0.1, -0.05) is 80.4 Å². The van der Waals surface area contributed by atoms with E-state index in [1.165, 1.54) is 6.42 Å². The van der Waals surface area contributed by atoms with Gasteiger partial charge in [-0.05, 0) is 42.1 Å². The van der Waals surface area contributed by atoms with E-state index in [4.69, 9.17) is 12.2 Å². The molecule has 2 fully saturated rings. The highest BCUT2D eigenvalue weighted by atomic mass is 32.1. The lowest BCUT2D eigenvalue weighted by molar-refractivity contribution is -0.131. The first kappa shape index (κ1) is 20.3. The molecule has 7 heteroatoms. The van der Waals surface area contributed by atoms with Crippen molar-refractivity contribution in [2.75, 3.05) is 0 Å². The zero-order valence-corrected chi connectivity index (χ0v) is 17.7. The van der Waals surface area contributed by atoms with Crippen molar-refractivity contribution in [3.8, 4) is 0 Å². The van der Waals surface area contributed by atoms with Gasteiger partial charge in [-0.2, -0.15) is 5.01 Å². The predicted molar refractivity (Wildman–Crippen MR) is 119 cm³/mol. The van der Waals surface area contributed by atoms with Crippen molar-refractivity contribution in [3.05, 3.63) is 71.8 Å². The molecule has 30 heavy (non-hydrogen) atoms. The number of hydrogen-bond acceptors (Lipinski definition) is 3. The van der Waals surface area contributed by atoms with Crippen LogP contribution in [0.25, 0.3) is 0 Å². The molecule has 1 aliphatic heterocycles.